The Balaban J connectivity index is 1.77. The molecular weight excluding hydrogens is 380 g/mol. The highest BCUT2D eigenvalue weighted by molar-refractivity contribution is 7.98. The number of nitrogens with zero attached hydrogens (tertiary/aromatic N) is 2. The zero-order valence-electron chi connectivity index (χ0n) is 16.0. The van der Waals surface area contributed by atoms with Gasteiger partial charge in [-0.3, -0.25) is 4.90 Å². The van der Waals surface area contributed by atoms with E-state index in [1.807, 2.05) is 18.2 Å². The summed E-state index contributed by atoms with van der Waals surface area (Å²) in [5, 5.41) is 1.66. The first-order valence-corrected chi connectivity index (χ1v) is 10.2. The molecule has 0 N–H and O–H groups in total. The Morgan fingerprint density at radius 3 is 2.48 bits per heavy atom. The first kappa shape index (κ1) is 19.8. The average molecular weight is 403 g/mol. The van der Waals surface area contributed by atoms with Crippen LogP contribution in [0.15, 0.2) is 47.4 Å². The number of halogens is 1. The van der Waals surface area contributed by atoms with Gasteiger partial charge in [0.15, 0.2) is 11.5 Å². The quantitative estimate of drug-likeness (QED) is 0.398. The fourth-order valence-corrected chi connectivity index (χ4v) is 3.68. The second-order valence-electron chi connectivity index (χ2n) is 6.36. The fraction of sp³-hybridized carbons (Fsp3) is 0.286. The van der Waals surface area contributed by atoms with Gasteiger partial charge < -0.3 is 9.47 Å². The molecule has 0 saturated heterocycles. The maximum atomic E-state index is 6.45. The molecule has 0 aliphatic heterocycles. The minimum Gasteiger partial charge on any atom is -0.493 e. The van der Waals surface area contributed by atoms with Gasteiger partial charge in [0.25, 0.3) is 0 Å². The largest absolute Gasteiger partial charge is 0.493 e. The van der Waals surface area contributed by atoms with E-state index < -0.39 is 0 Å². The minimum absolute atomic E-state index is 0.555. The molecule has 6 heteroatoms. The van der Waals surface area contributed by atoms with E-state index in [0.717, 1.165) is 40.1 Å². The Bertz CT molecular complexity index is 949. The minimum atomic E-state index is 0.555. The van der Waals surface area contributed by atoms with E-state index in [2.05, 4.69) is 47.5 Å². The van der Waals surface area contributed by atoms with Gasteiger partial charge in [-0.15, -0.1) is 11.8 Å². The third-order valence-electron chi connectivity index (χ3n) is 4.39. The van der Waals surface area contributed by atoms with Crippen molar-refractivity contribution >= 4 is 34.3 Å². The van der Waals surface area contributed by atoms with E-state index >= 15 is 0 Å². The van der Waals surface area contributed by atoms with E-state index in [1.165, 1.54) is 4.90 Å². The monoisotopic (exact) mass is 402 g/mol. The molecule has 142 valence electrons. The van der Waals surface area contributed by atoms with Gasteiger partial charge in [-0.2, -0.15) is 0 Å². The van der Waals surface area contributed by atoms with Crippen molar-refractivity contribution in [3.05, 3.63) is 58.7 Å². The fourth-order valence-electron chi connectivity index (χ4n) is 3.04. The van der Waals surface area contributed by atoms with Crippen LogP contribution in [0.3, 0.4) is 0 Å². The van der Waals surface area contributed by atoms with E-state index in [9.17, 15) is 0 Å². The van der Waals surface area contributed by atoms with Gasteiger partial charge in [0.05, 0.1) is 19.7 Å². The molecular formula is C21H23ClN2O2S. The van der Waals surface area contributed by atoms with Crippen LogP contribution >= 0.6 is 23.4 Å². The Hall–Kier alpha value is -1.95. The molecule has 2 aromatic carbocycles. The van der Waals surface area contributed by atoms with Crippen molar-refractivity contribution in [2.75, 3.05) is 27.5 Å². The van der Waals surface area contributed by atoms with Crippen LogP contribution in [-0.2, 0) is 13.1 Å². The van der Waals surface area contributed by atoms with Gasteiger partial charge in [0.2, 0.25) is 0 Å². The first-order valence-electron chi connectivity index (χ1n) is 8.56. The van der Waals surface area contributed by atoms with Crippen molar-refractivity contribution in [1.29, 1.82) is 0 Å². The van der Waals surface area contributed by atoms with Gasteiger partial charge in [-0.05, 0) is 49.2 Å². The van der Waals surface area contributed by atoms with Gasteiger partial charge >= 0.3 is 0 Å². The van der Waals surface area contributed by atoms with E-state index in [-0.39, 0.29) is 0 Å². The van der Waals surface area contributed by atoms with E-state index in [4.69, 9.17) is 21.1 Å². The van der Waals surface area contributed by atoms with Crippen LogP contribution in [0, 0.1) is 0 Å². The van der Waals surface area contributed by atoms with Crippen LogP contribution in [0.5, 0.6) is 11.5 Å². The average Bonchev–Trinajstić information content (AvgIpc) is 2.68. The molecule has 3 rings (SSSR count). The lowest BCUT2D eigenvalue weighted by Gasteiger charge is -2.19. The Kier molecular flexibility index (Phi) is 6.47. The van der Waals surface area contributed by atoms with Crippen molar-refractivity contribution in [2.24, 2.45) is 0 Å². The summed E-state index contributed by atoms with van der Waals surface area (Å²) in [6.07, 6.45) is 2.06. The van der Waals surface area contributed by atoms with Crippen molar-refractivity contribution < 1.29 is 9.47 Å². The molecule has 0 aliphatic rings. The lowest BCUT2D eigenvalue weighted by molar-refractivity contribution is 0.316. The van der Waals surface area contributed by atoms with E-state index in [0.29, 0.717) is 11.7 Å². The number of aromatic nitrogens is 1. The molecule has 0 radical (unpaired) electrons. The lowest BCUT2D eigenvalue weighted by atomic mass is 10.1. The normalized spacial score (nSPS) is 11.2. The van der Waals surface area contributed by atoms with Crippen molar-refractivity contribution in [2.45, 2.75) is 18.0 Å². The summed E-state index contributed by atoms with van der Waals surface area (Å²) < 4.78 is 10.7. The molecule has 0 bridgehead atoms. The van der Waals surface area contributed by atoms with Crippen LogP contribution in [-0.4, -0.2) is 37.4 Å². The zero-order chi connectivity index (χ0) is 19.4. The summed E-state index contributed by atoms with van der Waals surface area (Å²) in [4.78, 5) is 7.97. The second-order valence-corrected chi connectivity index (χ2v) is 7.60. The number of ether oxygens (including phenoxy) is 2. The molecule has 0 spiro atoms. The highest BCUT2D eigenvalue weighted by atomic mass is 35.5. The molecule has 0 aliphatic carbocycles. The van der Waals surface area contributed by atoms with Gasteiger partial charge in [-0.1, -0.05) is 23.7 Å². The molecule has 0 saturated carbocycles. The maximum absolute atomic E-state index is 6.45. The number of hydrogen-bond acceptors (Lipinski definition) is 5. The first-order chi connectivity index (χ1) is 13.0. The standard InChI is InChI=1S/C21H23ClN2O2S/c1-24(12-14-5-8-19(25-2)20(9-14)26-3)13-16-10-15-6-7-17(27-4)11-18(15)23-21(16)22/h5-11H,12-13H2,1-4H3. The highest BCUT2D eigenvalue weighted by Gasteiger charge is 2.11. The molecule has 3 aromatic rings. The SMILES string of the molecule is COc1ccc(CN(C)Cc2cc3ccc(SC)cc3nc2Cl)cc1OC. The van der Waals surface area contributed by atoms with Gasteiger partial charge in [-0.25, -0.2) is 4.98 Å². The van der Waals surface area contributed by atoms with Crippen molar-refractivity contribution in [3.8, 4) is 11.5 Å². The Labute approximate surface area is 169 Å². The zero-order valence-corrected chi connectivity index (χ0v) is 17.5. The van der Waals surface area contributed by atoms with Crippen LogP contribution in [0.25, 0.3) is 10.9 Å². The summed E-state index contributed by atoms with van der Waals surface area (Å²) in [6, 6.07) is 14.4. The number of fused-ring (bicyclic) bond motifs is 1. The second kappa shape index (κ2) is 8.83. The number of pyridine rings is 1. The lowest BCUT2D eigenvalue weighted by Crippen LogP contribution is -2.17. The predicted molar refractivity (Wildman–Crippen MR) is 113 cm³/mol. The van der Waals surface area contributed by atoms with Crippen LogP contribution < -0.4 is 9.47 Å². The third-order valence-corrected chi connectivity index (χ3v) is 5.44. The number of thioether (sulfide) groups is 1. The number of methoxy groups -OCH3 is 2. The molecule has 1 aromatic heterocycles. The Morgan fingerprint density at radius 2 is 1.78 bits per heavy atom. The van der Waals surface area contributed by atoms with Crippen LogP contribution in [0.4, 0.5) is 0 Å². The number of rotatable bonds is 7. The van der Waals surface area contributed by atoms with E-state index in [1.54, 1.807) is 26.0 Å². The summed E-state index contributed by atoms with van der Waals surface area (Å²) in [6.45, 7) is 1.47. The van der Waals surface area contributed by atoms with Crippen LogP contribution in [0.2, 0.25) is 5.15 Å². The summed E-state index contributed by atoms with van der Waals surface area (Å²) in [5.41, 5.74) is 3.09. The third kappa shape index (κ3) is 4.67. The molecule has 0 unspecified atom stereocenters. The summed E-state index contributed by atoms with van der Waals surface area (Å²) in [7, 11) is 5.35. The number of hydrogen-bond donors (Lipinski definition) is 0. The van der Waals surface area contributed by atoms with Gasteiger partial charge in [0.1, 0.15) is 5.15 Å². The van der Waals surface area contributed by atoms with Crippen molar-refractivity contribution in [3.63, 3.8) is 0 Å². The maximum Gasteiger partial charge on any atom is 0.161 e. The smallest absolute Gasteiger partial charge is 0.161 e. The highest BCUT2D eigenvalue weighted by Crippen LogP contribution is 2.29. The number of benzene rings is 2. The molecule has 0 fully saturated rings. The topological polar surface area (TPSA) is 34.6 Å². The van der Waals surface area contributed by atoms with Crippen molar-refractivity contribution in [1.82, 2.24) is 9.88 Å². The van der Waals surface area contributed by atoms with Crippen LogP contribution in [0.1, 0.15) is 11.1 Å². The molecule has 4 nitrogen and oxygen atoms in total. The summed E-state index contributed by atoms with van der Waals surface area (Å²) >= 11 is 8.15. The molecule has 0 atom stereocenters. The summed E-state index contributed by atoms with van der Waals surface area (Å²) in [5.74, 6) is 1.47. The molecule has 1 heterocycles. The molecule has 0 amide bonds. The van der Waals surface area contributed by atoms with Gasteiger partial charge in [0, 0.05) is 28.9 Å². The molecule has 27 heavy (non-hydrogen) atoms. The predicted octanol–water partition coefficient (Wildman–Crippen LogP) is 5.26. The Morgan fingerprint density at radius 1 is 1.00 bits per heavy atom.